The number of amides is 1. The van der Waals surface area contributed by atoms with Gasteiger partial charge in [-0.1, -0.05) is 12.1 Å². The first-order valence-electron chi connectivity index (χ1n) is 9.65. The van der Waals surface area contributed by atoms with Crippen LogP contribution in [0.5, 0.6) is 0 Å². The van der Waals surface area contributed by atoms with Crippen molar-refractivity contribution in [2.75, 3.05) is 0 Å². The summed E-state index contributed by atoms with van der Waals surface area (Å²) >= 11 is 0. The predicted octanol–water partition coefficient (Wildman–Crippen LogP) is 3.88. The molecule has 3 aromatic rings. The minimum Gasteiger partial charge on any atom is -0.440 e. The van der Waals surface area contributed by atoms with E-state index in [-0.39, 0.29) is 17.7 Å². The van der Waals surface area contributed by atoms with Crippen molar-refractivity contribution in [3.8, 4) is 0 Å². The molecule has 1 aromatic carbocycles. The normalized spacial score (nSPS) is 25.9. The summed E-state index contributed by atoms with van der Waals surface area (Å²) in [6, 6.07) is 11.2. The topological polar surface area (TPSA) is 85.1 Å². The highest BCUT2D eigenvalue weighted by molar-refractivity contribution is 5.98. The Morgan fingerprint density at radius 1 is 1.14 bits per heavy atom. The summed E-state index contributed by atoms with van der Waals surface area (Å²) in [5.74, 6) is 0.937. The third kappa shape index (κ3) is 2.89. The van der Waals surface area contributed by atoms with Gasteiger partial charge in [0, 0.05) is 30.6 Å². The van der Waals surface area contributed by atoms with Crippen molar-refractivity contribution in [1.82, 2.24) is 15.3 Å². The van der Waals surface area contributed by atoms with E-state index >= 15 is 0 Å². The van der Waals surface area contributed by atoms with Crippen molar-refractivity contribution in [3.63, 3.8) is 0 Å². The van der Waals surface area contributed by atoms with E-state index in [2.05, 4.69) is 15.3 Å². The summed E-state index contributed by atoms with van der Waals surface area (Å²) in [5, 5.41) is 3.08. The number of pyridine rings is 1. The number of para-hydroxylation sites is 2. The monoisotopic (exact) mass is 375 g/mol. The standard InChI is InChI=1S/C22H21N3O3/c1-13(26)18-8-14(6-7-23-18)20(27)24-16-11-22(12-16)9-15(10-22)21-25-17-4-2-3-5-19(17)28-21/h2-8,15-16H,9-12H2,1H3,(H,24,27). The lowest BCUT2D eigenvalue weighted by Crippen LogP contribution is -2.55. The fourth-order valence-corrected chi connectivity index (χ4v) is 4.68. The summed E-state index contributed by atoms with van der Waals surface area (Å²) in [6.45, 7) is 1.45. The van der Waals surface area contributed by atoms with Gasteiger partial charge in [0.05, 0.1) is 0 Å². The summed E-state index contributed by atoms with van der Waals surface area (Å²) in [6.07, 6.45) is 5.61. The number of carbonyl (C=O) groups is 2. The van der Waals surface area contributed by atoms with Crippen molar-refractivity contribution < 1.29 is 14.0 Å². The molecule has 0 bridgehead atoms. The average Bonchev–Trinajstić information content (AvgIpc) is 3.06. The van der Waals surface area contributed by atoms with Gasteiger partial charge in [-0.05, 0) is 55.4 Å². The number of hydrogen-bond donors (Lipinski definition) is 1. The first-order chi connectivity index (χ1) is 13.5. The molecule has 2 heterocycles. The van der Waals surface area contributed by atoms with Crippen LogP contribution in [0.2, 0.25) is 0 Å². The fourth-order valence-electron chi connectivity index (χ4n) is 4.68. The summed E-state index contributed by atoms with van der Waals surface area (Å²) in [5.41, 5.74) is 2.88. The Bertz CT molecular complexity index is 1040. The van der Waals surface area contributed by atoms with Crippen LogP contribution in [0.15, 0.2) is 47.0 Å². The molecule has 0 saturated heterocycles. The molecule has 2 aliphatic carbocycles. The van der Waals surface area contributed by atoms with Gasteiger partial charge in [-0.3, -0.25) is 14.6 Å². The molecular weight excluding hydrogens is 354 g/mol. The second kappa shape index (κ2) is 6.26. The number of oxazole rings is 1. The Balaban J connectivity index is 1.17. The smallest absolute Gasteiger partial charge is 0.251 e. The second-order valence-electron chi connectivity index (χ2n) is 8.19. The molecule has 0 aliphatic heterocycles. The minimum absolute atomic E-state index is 0.139. The van der Waals surface area contributed by atoms with Crippen LogP contribution in [0.3, 0.4) is 0 Å². The number of benzene rings is 1. The molecule has 142 valence electrons. The van der Waals surface area contributed by atoms with Gasteiger partial charge in [0.2, 0.25) is 0 Å². The zero-order valence-electron chi connectivity index (χ0n) is 15.6. The van der Waals surface area contributed by atoms with Crippen LogP contribution in [-0.4, -0.2) is 27.7 Å². The van der Waals surface area contributed by atoms with Gasteiger partial charge in [-0.2, -0.15) is 0 Å². The molecule has 2 aliphatic rings. The predicted molar refractivity (Wildman–Crippen MR) is 103 cm³/mol. The number of ketones is 1. The van der Waals surface area contributed by atoms with Crippen molar-refractivity contribution in [2.24, 2.45) is 5.41 Å². The number of hydrogen-bond acceptors (Lipinski definition) is 5. The fraction of sp³-hybridized carbons (Fsp3) is 0.364. The van der Waals surface area contributed by atoms with Crippen molar-refractivity contribution in [1.29, 1.82) is 0 Å². The van der Waals surface area contributed by atoms with Gasteiger partial charge in [0.25, 0.3) is 5.91 Å². The first-order valence-corrected chi connectivity index (χ1v) is 9.65. The highest BCUT2D eigenvalue weighted by Gasteiger charge is 2.54. The van der Waals surface area contributed by atoms with Crippen LogP contribution in [0, 0.1) is 5.41 Å². The minimum atomic E-state index is -0.142. The van der Waals surface area contributed by atoms with Gasteiger partial charge >= 0.3 is 0 Å². The van der Waals surface area contributed by atoms with Gasteiger partial charge in [-0.15, -0.1) is 0 Å². The van der Waals surface area contributed by atoms with Crippen molar-refractivity contribution in [2.45, 2.75) is 44.6 Å². The van der Waals surface area contributed by atoms with Crippen molar-refractivity contribution in [3.05, 3.63) is 59.7 Å². The molecular formula is C22H21N3O3. The Morgan fingerprint density at radius 2 is 1.93 bits per heavy atom. The molecule has 0 atom stereocenters. The largest absolute Gasteiger partial charge is 0.440 e. The molecule has 1 amide bonds. The van der Waals surface area contributed by atoms with E-state index < -0.39 is 0 Å². The summed E-state index contributed by atoms with van der Waals surface area (Å²) in [4.78, 5) is 32.5. The molecule has 2 fully saturated rings. The van der Waals surface area contributed by atoms with E-state index in [0.29, 0.717) is 22.6 Å². The molecule has 2 aromatic heterocycles. The van der Waals surface area contributed by atoms with E-state index in [9.17, 15) is 9.59 Å². The van der Waals surface area contributed by atoms with E-state index in [1.54, 1.807) is 12.1 Å². The lowest BCUT2D eigenvalue weighted by atomic mass is 9.50. The van der Waals surface area contributed by atoms with Crippen LogP contribution in [-0.2, 0) is 0 Å². The van der Waals surface area contributed by atoms with E-state index in [0.717, 1.165) is 42.7 Å². The molecule has 0 radical (unpaired) electrons. The molecule has 1 spiro atoms. The Hall–Kier alpha value is -3.02. The highest BCUT2D eigenvalue weighted by atomic mass is 16.3. The number of nitrogens with zero attached hydrogens (tertiary/aromatic N) is 2. The maximum absolute atomic E-state index is 12.5. The zero-order valence-corrected chi connectivity index (χ0v) is 15.6. The quantitative estimate of drug-likeness (QED) is 0.700. The number of carbonyl (C=O) groups excluding carboxylic acids is 2. The molecule has 5 rings (SSSR count). The Kier molecular flexibility index (Phi) is 3.82. The van der Waals surface area contributed by atoms with Gasteiger partial charge in [-0.25, -0.2) is 4.98 Å². The van der Waals surface area contributed by atoms with Gasteiger partial charge in [0.1, 0.15) is 11.2 Å². The molecule has 1 N–H and O–H groups in total. The molecule has 6 heteroatoms. The molecule has 6 nitrogen and oxygen atoms in total. The lowest BCUT2D eigenvalue weighted by Gasteiger charge is -2.57. The number of aromatic nitrogens is 2. The number of rotatable bonds is 4. The zero-order chi connectivity index (χ0) is 19.3. The number of fused-ring (bicyclic) bond motifs is 1. The Labute approximate surface area is 162 Å². The van der Waals surface area contributed by atoms with Gasteiger partial charge in [0.15, 0.2) is 17.3 Å². The molecule has 0 unspecified atom stereocenters. The van der Waals surface area contributed by atoms with Crippen LogP contribution in [0.4, 0.5) is 0 Å². The maximum Gasteiger partial charge on any atom is 0.251 e. The van der Waals surface area contributed by atoms with Crippen LogP contribution in [0.25, 0.3) is 11.1 Å². The van der Waals surface area contributed by atoms with E-state index in [1.807, 2.05) is 24.3 Å². The second-order valence-corrected chi connectivity index (χ2v) is 8.19. The third-order valence-corrected chi connectivity index (χ3v) is 6.10. The summed E-state index contributed by atoms with van der Waals surface area (Å²) < 4.78 is 5.90. The van der Waals surface area contributed by atoms with E-state index in [1.165, 1.54) is 13.1 Å². The number of Topliss-reactive ketones (excluding diaryl/α,β-unsaturated/α-hetero) is 1. The average molecular weight is 375 g/mol. The van der Waals surface area contributed by atoms with Crippen LogP contribution in [0.1, 0.15) is 65.3 Å². The number of nitrogens with one attached hydrogen (secondary N) is 1. The maximum atomic E-state index is 12.5. The first kappa shape index (κ1) is 17.1. The summed E-state index contributed by atoms with van der Waals surface area (Å²) in [7, 11) is 0. The third-order valence-electron chi connectivity index (χ3n) is 6.10. The Morgan fingerprint density at radius 3 is 2.68 bits per heavy atom. The van der Waals surface area contributed by atoms with Crippen LogP contribution < -0.4 is 5.32 Å². The lowest BCUT2D eigenvalue weighted by molar-refractivity contribution is -0.0253. The van der Waals surface area contributed by atoms with E-state index in [4.69, 9.17) is 4.42 Å². The van der Waals surface area contributed by atoms with Crippen LogP contribution >= 0.6 is 0 Å². The SMILES string of the molecule is CC(=O)c1cc(C(=O)NC2CC3(C2)CC(c2nc4ccccc4o2)C3)ccn1. The van der Waals surface area contributed by atoms with Gasteiger partial charge < -0.3 is 9.73 Å². The van der Waals surface area contributed by atoms with Crippen molar-refractivity contribution >= 4 is 22.8 Å². The highest BCUT2D eigenvalue weighted by Crippen LogP contribution is 2.61. The molecule has 28 heavy (non-hydrogen) atoms. The molecule has 2 saturated carbocycles.